The molecule has 0 radical (unpaired) electrons. The Labute approximate surface area is 90.2 Å². The highest BCUT2D eigenvalue weighted by Gasteiger charge is 2.20. The lowest BCUT2D eigenvalue weighted by Gasteiger charge is -2.34. The quantitative estimate of drug-likeness (QED) is 0.540. The fourth-order valence-electron chi connectivity index (χ4n) is 2.14. The van der Waals surface area contributed by atoms with E-state index < -0.39 is 0 Å². The van der Waals surface area contributed by atoms with Gasteiger partial charge in [-0.05, 0) is 30.5 Å². The predicted molar refractivity (Wildman–Crippen MR) is 60.5 cm³/mol. The van der Waals surface area contributed by atoms with E-state index in [2.05, 4.69) is 36.1 Å². The molecule has 2 nitrogen and oxygen atoms in total. The molecule has 1 heterocycles. The Morgan fingerprint density at radius 3 is 3.00 bits per heavy atom. The highest BCUT2D eigenvalue weighted by Crippen LogP contribution is 2.28. The summed E-state index contributed by atoms with van der Waals surface area (Å²) in [5, 5.41) is 0. The molecule has 1 aliphatic rings. The van der Waals surface area contributed by atoms with Crippen LogP contribution in [-0.4, -0.2) is 17.7 Å². The second-order valence-corrected chi connectivity index (χ2v) is 3.84. The Balaban J connectivity index is 2.25. The van der Waals surface area contributed by atoms with Crippen molar-refractivity contribution in [2.24, 2.45) is 0 Å². The summed E-state index contributed by atoms with van der Waals surface area (Å²) in [5.41, 5.74) is 2.81. The minimum atomic E-state index is 0.367. The zero-order valence-electron chi connectivity index (χ0n) is 8.89. The molecule has 78 valence electrons. The van der Waals surface area contributed by atoms with Gasteiger partial charge in [-0.15, -0.1) is 0 Å². The molecular formula is C13H15NO. The summed E-state index contributed by atoms with van der Waals surface area (Å²) in [7, 11) is 0. The van der Waals surface area contributed by atoms with Gasteiger partial charge in [0.15, 0.2) is 0 Å². The number of hydrogen-bond donors (Lipinski definition) is 0. The second-order valence-electron chi connectivity index (χ2n) is 3.84. The fraction of sp³-hybridized carbons (Fsp3) is 0.308. The van der Waals surface area contributed by atoms with Crippen LogP contribution in [0.3, 0.4) is 0 Å². The minimum Gasteiger partial charge on any atom is -0.370 e. The van der Waals surface area contributed by atoms with Crippen LogP contribution in [0.25, 0.3) is 0 Å². The smallest absolute Gasteiger partial charge is 0.144 e. The average molecular weight is 201 g/mol. The molecule has 0 amide bonds. The van der Waals surface area contributed by atoms with Gasteiger partial charge in [0.2, 0.25) is 0 Å². The molecule has 1 aliphatic heterocycles. The van der Waals surface area contributed by atoms with E-state index in [4.69, 9.17) is 0 Å². The lowest BCUT2D eigenvalue weighted by molar-refractivity contribution is -0.104. The van der Waals surface area contributed by atoms with Crippen LogP contribution in [-0.2, 0) is 11.2 Å². The Kier molecular flexibility index (Phi) is 2.86. The van der Waals surface area contributed by atoms with Crippen LogP contribution in [0.1, 0.15) is 24.1 Å². The number of benzene rings is 1. The number of allylic oxidation sites excluding steroid dienone is 1. The van der Waals surface area contributed by atoms with Crippen LogP contribution in [0.4, 0.5) is 0 Å². The van der Waals surface area contributed by atoms with Crippen LogP contribution in [0.2, 0.25) is 0 Å². The molecule has 1 atom stereocenters. The van der Waals surface area contributed by atoms with Gasteiger partial charge >= 0.3 is 0 Å². The average Bonchev–Trinajstić information content (AvgIpc) is 2.29. The molecule has 1 aromatic carbocycles. The topological polar surface area (TPSA) is 20.3 Å². The summed E-state index contributed by atoms with van der Waals surface area (Å²) in [6, 6.07) is 8.88. The second kappa shape index (κ2) is 4.30. The Morgan fingerprint density at radius 1 is 1.40 bits per heavy atom. The number of aldehydes is 1. The van der Waals surface area contributed by atoms with Crippen molar-refractivity contribution >= 4 is 6.29 Å². The lowest BCUT2D eigenvalue weighted by Crippen LogP contribution is -2.29. The molecule has 0 N–H and O–H groups in total. The first-order chi connectivity index (χ1) is 7.33. The number of rotatable bonds is 2. The SMILES string of the molecule is CC1c2ccccc2CCN1C=CC=O. The van der Waals surface area contributed by atoms with E-state index in [1.54, 1.807) is 6.08 Å². The van der Waals surface area contributed by atoms with Crippen LogP contribution >= 0.6 is 0 Å². The van der Waals surface area contributed by atoms with Crippen molar-refractivity contribution in [3.8, 4) is 0 Å². The van der Waals surface area contributed by atoms with Gasteiger partial charge in [0.25, 0.3) is 0 Å². The molecule has 15 heavy (non-hydrogen) atoms. The molecule has 2 heteroatoms. The van der Waals surface area contributed by atoms with Crippen molar-refractivity contribution in [2.45, 2.75) is 19.4 Å². The van der Waals surface area contributed by atoms with Crippen molar-refractivity contribution in [1.82, 2.24) is 4.90 Å². The molecule has 0 fully saturated rings. The monoisotopic (exact) mass is 201 g/mol. The molecule has 0 aliphatic carbocycles. The van der Waals surface area contributed by atoms with Gasteiger partial charge in [-0.25, -0.2) is 0 Å². The summed E-state index contributed by atoms with van der Waals surface area (Å²) in [5.74, 6) is 0. The molecule has 0 saturated carbocycles. The molecule has 1 aromatic rings. The molecule has 0 aromatic heterocycles. The third-order valence-corrected chi connectivity index (χ3v) is 3.00. The summed E-state index contributed by atoms with van der Waals surface area (Å²) in [6.45, 7) is 3.16. The van der Waals surface area contributed by atoms with E-state index in [1.807, 2.05) is 6.20 Å². The molecule has 0 bridgehead atoms. The van der Waals surface area contributed by atoms with Crippen LogP contribution in [0.15, 0.2) is 36.5 Å². The maximum Gasteiger partial charge on any atom is 0.144 e. The predicted octanol–water partition coefficient (Wildman–Crippen LogP) is 2.32. The van der Waals surface area contributed by atoms with E-state index in [9.17, 15) is 4.79 Å². The van der Waals surface area contributed by atoms with Crippen molar-refractivity contribution < 1.29 is 4.79 Å². The van der Waals surface area contributed by atoms with E-state index in [0.717, 1.165) is 19.3 Å². The highest BCUT2D eigenvalue weighted by atomic mass is 16.1. The zero-order chi connectivity index (χ0) is 10.7. The minimum absolute atomic E-state index is 0.367. The Morgan fingerprint density at radius 2 is 2.20 bits per heavy atom. The van der Waals surface area contributed by atoms with E-state index in [-0.39, 0.29) is 0 Å². The van der Waals surface area contributed by atoms with E-state index in [0.29, 0.717) is 6.04 Å². The number of carbonyl (C=O) groups is 1. The first-order valence-electron chi connectivity index (χ1n) is 5.28. The summed E-state index contributed by atoms with van der Waals surface area (Å²) < 4.78 is 0. The molecule has 1 unspecified atom stereocenters. The number of nitrogens with zero attached hydrogens (tertiary/aromatic N) is 1. The van der Waals surface area contributed by atoms with Gasteiger partial charge in [-0.1, -0.05) is 24.3 Å². The molecule has 0 spiro atoms. The lowest BCUT2D eigenvalue weighted by atomic mass is 9.94. The van der Waals surface area contributed by atoms with E-state index >= 15 is 0 Å². The van der Waals surface area contributed by atoms with Crippen LogP contribution in [0, 0.1) is 0 Å². The Bertz CT molecular complexity index is 384. The normalized spacial score (nSPS) is 20.3. The van der Waals surface area contributed by atoms with Gasteiger partial charge in [0.1, 0.15) is 6.29 Å². The molecule has 0 saturated heterocycles. The summed E-state index contributed by atoms with van der Waals surface area (Å²) in [6.07, 6.45) is 5.33. The third kappa shape index (κ3) is 1.94. The summed E-state index contributed by atoms with van der Waals surface area (Å²) in [4.78, 5) is 12.5. The number of hydrogen-bond acceptors (Lipinski definition) is 2. The standard InChI is InChI=1S/C13H15NO/c1-11-13-6-3-2-5-12(13)7-9-14(11)8-4-10-15/h2-6,8,10-11H,7,9H2,1H3. The first kappa shape index (κ1) is 9.97. The van der Waals surface area contributed by atoms with Gasteiger partial charge in [-0.2, -0.15) is 0 Å². The Hall–Kier alpha value is -1.57. The van der Waals surface area contributed by atoms with Crippen molar-refractivity contribution in [3.05, 3.63) is 47.7 Å². The van der Waals surface area contributed by atoms with Crippen molar-refractivity contribution in [2.75, 3.05) is 6.54 Å². The number of fused-ring (bicyclic) bond motifs is 1. The highest BCUT2D eigenvalue weighted by molar-refractivity contribution is 5.64. The first-order valence-corrected chi connectivity index (χ1v) is 5.28. The fourth-order valence-corrected chi connectivity index (χ4v) is 2.14. The van der Waals surface area contributed by atoms with Crippen LogP contribution in [0.5, 0.6) is 0 Å². The number of carbonyl (C=O) groups excluding carboxylic acids is 1. The third-order valence-electron chi connectivity index (χ3n) is 3.00. The van der Waals surface area contributed by atoms with E-state index in [1.165, 1.54) is 11.1 Å². The van der Waals surface area contributed by atoms with Gasteiger partial charge in [-0.3, -0.25) is 4.79 Å². The van der Waals surface area contributed by atoms with Gasteiger partial charge < -0.3 is 4.90 Å². The molecular weight excluding hydrogens is 186 g/mol. The molecule has 2 rings (SSSR count). The van der Waals surface area contributed by atoms with Crippen molar-refractivity contribution in [1.29, 1.82) is 0 Å². The van der Waals surface area contributed by atoms with Gasteiger partial charge in [0, 0.05) is 12.7 Å². The van der Waals surface area contributed by atoms with Crippen LogP contribution < -0.4 is 0 Å². The largest absolute Gasteiger partial charge is 0.370 e. The maximum absolute atomic E-state index is 10.3. The zero-order valence-corrected chi connectivity index (χ0v) is 8.89. The summed E-state index contributed by atoms with van der Waals surface area (Å²) >= 11 is 0. The maximum atomic E-state index is 10.3. The van der Waals surface area contributed by atoms with Gasteiger partial charge in [0.05, 0.1) is 6.04 Å². The van der Waals surface area contributed by atoms with Crippen molar-refractivity contribution in [3.63, 3.8) is 0 Å².